The second kappa shape index (κ2) is 11.6. The molecule has 0 N–H and O–H groups in total. The van der Waals surface area contributed by atoms with E-state index in [9.17, 15) is 4.79 Å². The van der Waals surface area contributed by atoms with Gasteiger partial charge in [-0.2, -0.15) is 0 Å². The summed E-state index contributed by atoms with van der Waals surface area (Å²) in [6, 6.07) is 38.5. The Labute approximate surface area is 247 Å². The number of anilines is 1. The van der Waals surface area contributed by atoms with Crippen LogP contribution < -0.4 is 20.6 Å². The van der Waals surface area contributed by atoms with E-state index in [1.165, 1.54) is 0 Å². The standard InChI is InChI=1S/C36H33BN2O3/c1-4-29-30(5-2)36(39(6-3)31-24-16-17-25-32(31)41-36)42-35(40)33(29)38-34(26-18-10-7-11-19-26)37(27-20-12-8-13-21-27)28-22-14-9-15-23-28/h5,7-25H,4,6H2,1-3H3. The molecule has 2 aliphatic heterocycles. The number of hydrogen-bond donors (Lipinski definition) is 0. The van der Waals surface area contributed by atoms with Gasteiger partial charge in [0.25, 0.3) is 6.71 Å². The van der Waals surface area contributed by atoms with Crippen LogP contribution in [0.3, 0.4) is 0 Å². The minimum absolute atomic E-state index is 0.211. The Balaban J connectivity index is 1.58. The lowest BCUT2D eigenvalue weighted by atomic mass is 9.36. The first kappa shape index (κ1) is 27.3. The van der Waals surface area contributed by atoms with Crippen LogP contribution in [-0.2, 0) is 9.53 Å². The van der Waals surface area contributed by atoms with Crippen LogP contribution in [0.4, 0.5) is 5.69 Å². The van der Waals surface area contributed by atoms with Crippen molar-refractivity contribution < 1.29 is 14.3 Å². The molecule has 2 heterocycles. The van der Waals surface area contributed by atoms with Crippen molar-refractivity contribution in [3.8, 4) is 5.75 Å². The molecular formula is C36H33BN2O3. The minimum atomic E-state index is -1.38. The predicted molar refractivity (Wildman–Crippen MR) is 171 cm³/mol. The quantitative estimate of drug-likeness (QED) is 0.159. The lowest BCUT2D eigenvalue weighted by Crippen LogP contribution is -2.57. The average Bonchev–Trinajstić information content (AvgIpc) is 3.35. The van der Waals surface area contributed by atoms with Crippen molar-refractivity contribution in [2.24, 2.45) is 4.99 Å². The van der Waals surface area contributed by atoms with Gasteiger partial charge in [0, 0.05) is 12.2 Å². The van der Waals surface area contributed by atoms with Crippen LogP contribution in [0.2, 0.25) is 0 Å². The number of benzene rings is 4. The van der Waals surface area contributed by atoms with E-state index in [1.807, 2.05) is 123 Å². The Bertz CT molecular complexity index is 1640. The molecule has 4 aromatic rings. The van der Waals surface area contributed by atoms with Crippen LogP contribution >= 0.6 is 0 Å². The maximum atomic E-state index is 14.1. The molecule has 1 unspecified atom stereocenters. The molecule has 2 aliphatic rings. The van der Waals surface area contributed by atoms with Crippen molar-refractivity contribution in [2.75, 3.05) is 11.4 Å². The molecule has 0 bridgehead atoms. The van der Waals surface area contributed by atoms with E-state index in [-0.39, 0.29) is 6.71 Å². The third kappa shape index (κ3) is 4.63. The fourth-order valence-corrected chi connectivity index (χ4v) is 6.11. The second-order valence-corrected chi connectivity index (χ2v) is 10.3. The number of allylic oxidation sites excluding steroid dienone is 1. The molecule has 42 heavy (non-hydrogen) atoms. The Morgan fingerprint density at radius 2 is 1.38 bits per heavy atom. The zero-order valence-electron chi connectivity index (χ0n) is 24.2. The molecule has 4 aromatic carbocycles. The number of para-hydroxylation sites is 2. The summed E-state index contributed by atoms with van der Waals surface area (Å²) >= 11 is 0. The summed E-state index contributed by atoms with van der Waals surface area (Å²) in [6.45, 7) is 6.43. The number of likely N-dealkylation sites (N-methyl/N-ethyl adjacent to an activating group) is 1. The summed E-state index contributed by atoms with van der Waals surface area (Å²) in [5, 5.41) is 0. The number of aliphatic imine (C=N–C) groups is 1. The van der Waals surface area contributed by atoms with Gasteiger partial charge in [-0.25, -0.2) is 4.79 Å². The van der Waals surface area contributed by atoms with Crippen LogP contribution in [0.25, 0.3) is 0 Å². The van der Waals surface area contributed by atoms with Crippen LogP contribution in [-0.4, -0.2) is 30.7 Å². The van der Waals surface area contributed by atoms with E-state index in [1.54, 1.807) is 0 Å². The van der Waals surface area contributed by atoms with Crippen molar-refractivity contribution in [1.29, 1.82) is 0 Å². The molecular weight excluding hydrogens is 519 g/mol. The van der Waals surface area contributed by atoms with Gasteiger partial charge in [0.05, 0.1) is 11.3 Å². The third-order valence-electron chi connectivity index (χ3n) is 7.93. The van der Waals surface area contributed by atoms with Crippen LogP contribution in [0.1, 0.15) is 32.8 Å². The van der Waals surface area contributed by atoms with Crippen molar-refractivity contribution in [3.63, 3.8) is 0 Å². The minimum Gasteiger partial charge on any atom is -0.429 e. The number of hydrogen-bond acceptors (Lipinski definition) is 5. The van der Waals surface area contributed by atoms with Crippen molar-refractivity contribution >= 4 is 34.9 Å². The Morgan fingerprint density at radius 3 is 1.95 bits per heavy atom. The SMILES string of the molecule is CC=C1C(CC)=C(N=C(B(c2ccccc2)c2ccccc2)c2ccccc2)C(=O)OC12Oc1ccccc1N2CC. The first-order chi connectivity index (χ1) is 20.6. The maximum absolute atomic E-state index is 14.1. The molecule has 1 atom stereocenters. The van der Waals surface area contributed by atoms with Gasteiger partial charge in [0.15, 0.2) is 5.70 Å². The van der Waals surface area contributed by atoms with E-state index < -0.39 is 11.9 Å². The van der Waals surface area contributed by atoms with Crippen LogP contribution in [0, 0.1) is 0 Å². The largest absolute Gasteiger partial charge is 0.429 e. The molecule has 0 amide bonds. The molecule has 0 saturated carbocycles. The number of fused-ring (bicyclic) bond motifs is 1. The third-order valence-corrected chi connectivity index (χ3v) is 7.93. The van der Waals surface area contributed by atoms with Gasteiger partial charge in [-0.05, 0) is 43.5 Å². The molecule has 0 aliphatic carbocycles. The fourth-order valence-electron chi connectivity index (χ4n) is 6.11. The molecule has 5 nitrogen and oxygen atoms in total. The van der Waals surface area contributed by atoms with E-state index in [0.717, 1.165) is 38.9 Å². The van der Waals surface area contributed by atoms with Crippen molar-refractivity contribution in [3.05, 3.63) is 144 Å². The Morgan fingerprint density at radius 1 is 0.810 bits per heavy atom. The highest BCUT2D eigenvalue weighted by atomic mass is 16.7. The number of esters is 1. The zero-order valence-corrected chi connectivity index (χ0v) is 24.2. The van der Waals surface area contributed by atoms with Crippen LogP contribution in [0.5, 0.6) is 5.75 Å². The Hall–Kier alpha value is -4.84. The molecule has 6 rings (SSSR count). The smallest absolute Gasteiger partial charge is 0.370 e. The molecule has 0 saturated heterocycles. The monoisotopic (exact) mass is 552 g/mol. The average molecular weight is 552 g/mol. The fraction of sp³-hybridized carbons (Fsp3) is 0.167. The molecule has 6 heteroatoms. The first-order valence-electron chi connectivity index (χ1n) is 14.5. The van der Waals surface area contributed by atoms with Gasteiger partial charge in [-0.3, -0.25) is 9.89 Å². The summed E-state index contributed by atoms with van der Waals surface area (Å²) in [6.07, 6.45) is 2.57. The Kier molecular flexibility index (Phi) is 7.53. The van der Waals surface area contributed by atoms with Gasteiger partial charge >= 0.3 is 11.9 Å². The van der Waals surface area contributed by atoms with Gasteiger partial charge in [-0.15, -0.1) is 0 Å². The normalized spacial score (nSPS) is 19.1. The van der Waals surface area contributed by atoms with Gasteiger partial charge in [0.2, 0.25) is 0 Å². The molecule has 1 spiro atoms. The number of nitrogens with zero attached hydrogens (tertiary/aromatic N) is 2. The first-order valence-corrected chi connectivity index (χ1v) is 14.5. The summed E-state index contributed by atoms with van der Waals surface area (Å²) in [5.41, 5.74) is 6.70. The highest BCUT2D eigenvalue weighted by molar-refractivity contribution is 7.10. The summed E-state index contributed by atoms with van der Waals surface area (Å²) in [7, 11) is 0. The van der Waals surface area contributed by atoms with E-state index in [4.69, 9.17) is 14.5 Å². The number of rotatable bonds is 7. The van der Waals surface area contributed by atoms with Crippen LogP contribution in [0.15, 0.2) is 143 Å². The predicted octanol–water partition coefficient (Wildman–Crippen LogP) is 6.06. The lowest BCUT2D eigenvalue weighted by molar-refractivity contribution is -0.179. The highest BCUT2D eigenvalue weighted by Gasteiger charge is 2.56. The summed E-state index contributed by atoms with van der Waals surface area (Å²) in [5.74, 6) is -1.19. The highest BCUT2D eigenvalue weighted by Crippen LogP contribution is 2.50. The summed E-state index contributed by atoms with van der Waals surface area (Å²) < 4.78 is 12.8. The maximum Gasteiger partial charge on any atom is 0.370 e. The van der Waals surface area contributed by atoms with E-state index in [2.05, 4.69) is 24.3 Å². The van der Waals surface area contributed by atoms with Crippen molar-refractivity contribution in [2.45, 2.75) is 33.1 Å². The zero-order chi connectivity index (χ0) is 29.1. The topological polar surface area (TPSA) is 51.1 Å². The van der Waals surface area contributed by atoms with Gasteiger partial charge in [0.1, 0.15) is 5.75 Å². The lowest BCUT2D eigenvalue weighted by Gasteiger charge is -2.41. The molecule has 0 radical (unpaired) electrons. The van der Waals surface area contributed by atoms with E-state index in [0.29, 0.717) is 24.4 Å². The van der Waals surface area contributed by atoms with E-state index >= 15 is 0 Å². The molecule has 0 aromatic heterocycles. The number of carbonyl (C=O) groups is 1. The molecule has 208 valence electrons. The van der Waals surface area contributed by atoms with Crippen molar-refractivity contribution in [1.82, 2.24) is 0 Å². The number of ether oxygens (including phenoxy) is 2. The molecule has 0 fully saturated rings. The van der Waals surface area contributed by atoms with Gasteiger partial charge in [-0.1, -0.05) is 127 Å². The summed E-state index contributed by atoms with van der Waals surface area (Å²) in [4.78, 5) is 21.4. The van der Waals surface area contributed by atoms with Gasteiger partial charge < -0.3 is 9.47 Å². The number of carbonyl (C=O) groups excluding carboxylic acids is 1. The second-order valence-electron chi connectivity index (χ2n) is 10.3.